The number of carbonyl (C=O) groups is 2. The SMILES string of the molecule is C[C@]12CC[C@@H]3c4ccc(OC(=O)CCC/C=C\C[C@@H]5[C@@H](/C=C/[C@@H](O)COc6cccc(C(F)(F)F)c6)[C@H](O)C[C@@H]5O)cc4CC[C@H]3[C@@H]1CCC2=O. The fourth-order valence-electron chi connectivity index (χ4n) is 9.27. The van der Waals surface area contributed by atoms with E-state index in [2.05, 4.69) is 13.0 Å². The molecule has 3 fully saturated rings. The normalized spacial score (nSPS) is 31.0. The van der Waals surface area contributed by atoms with E-state index in [1.54, 1.807) is 6.08 Å². The molecule has 276 valence electrons. The van der Waals surface area contributed by atoms with Crippen molar-refractivity contribution >= 4 is 11.8 Å². The number of halogens is 3. The predicted octanol–water partition coefficient (Wildman–Crippen LogP) is 7.51. The molecular formula is C41H49F3O7. The molecule has 4 aliphatic carbocycles. The number of alkyl halides is 3. The van der Waals surface area contributed by atoms with Crippen LogP contribution in [0.2, 0.25) is 0 Å². The number of rotatable bonds is 12. The van der Waals surface area contributed by atoms with Gasteiger partial charge in [0.1, 0.15) is 30.0 Å². The molecule has 2 aromatic carbocycles. The molecule has 0 spiro atoms. The van der Waals surface area contributed by atoms with Crippen LogP contribution >= 0.6 is 0 Å². The number of Topliss-reactive ketones (excluding diaryl/α,β-unsaturated/α-hetero) is 1. The van der Waals surface area contributed by atoms with Gasteiger partial charge < -0.3 is 24.8 Å². The molecule has 51 heavy (non-hydrogen) atoms. The molecule has 0 aliphatic heterocycles. The average Bonchev–Trinajstić information content (AvgIpc) is 3.55. The predicted molar refractivity (Wildman–Crippen MR) is 185 cm³/mol. The Morgan fingerprint density at radius 3 is 2.67 bits per heavy atom. The van der Waals surface area contributed by atoms with Crippen molar-refractivity contribution in [3.05, 3.63) is 83.5 Å². The van der Waals surface area contributed by atoms with E-state index in [-0.39, 0.29) is 42.5 Å². The number of ketones is 1. The number of fused-ring (bicyclic) bond motifs is 5. The molecule has 2 aromatic rings. The molecule has 6 rings (SSSR count). The van der Waals surface area contributed by atoms with Gasteiger partial charge in [-0.2, -0.15) is 13.2 Å². The van der Waals surface area contributed by atoms with Crippen molar-refractivity contribution < 1.29 is 47.6 Å². The zero-order valence-corrected chi connectivity index (χ0v) is 29.1. The Hall–Kier alpha value is -3.47. The van der Waals surface area contributed by atoms with Crippen LogP contribution in [0.5, 0.6) is 11.5 Å². The Balaban J connectivity index is 0.924. The van der Waals surface area contributed by atoms with Crippen molar-refractivity contribution in [2.75, 3.05) is 6.61 Å². The summed E-state index contributed by atoms with van der Waals surface area (Å²) >= 11 is 0. The number of benzene rings is 2. The Labute approximate surface area is 297 Å². The number of aliphatic hydroxyl groups is 3. The maximum absolute atomic E-state index is 12.9. The first-order valence-electron chi connectivity index (χ1n) is 18.4. The number of aliphatic hydroxyl groups excluding tert-OH is 3. The maximum Gasteiger partial charge on any atom is 0.416 e. The van der Waals surface area contributed by atoms with Crippen molar-refractivity contribution in [1.82, 2.24) is 0 Å². The molecule has 0 aromatic heterocycles. The fourth-order valence-corrected chi connectivity index (χ4v) is 9.27. The van der Waals surface area contributed by atoms with Crippen molar-refractivity contribution in [1.29, 1.82) is 0 Å². The number of ether oxygens (including phenoxy) is 2. The highest BCUT2D eigenvalue weighted by molar-refractivity contribution is 5.87. The molecule has 0 saturated heterocycles. The van der Waals surface area contributed by atoms with Crippen LogP contribution in [0.25, 0.3) is 0 Å². The summed E-state index contributed by atoms with van der Waals surface area (Å²) in [5.74, 6) is 1.52. The van der Waals surface area contributed by atoms with E-state index in [9.17, 15) is 38.1 Å². The van der Waals surface area contributed by atoms with Gasteiger partial charge in [-0.15, -0.1) is 0 Å². The molecule has 3 saturated carbocycles. The van der Waals surface area contributed by atoms with Crippen molar-refractivity contribution in [2.24, 2.45) is 29.1 Å². The minimum absolute atomic E-state index is 0.0158. The average molecular weight is 711 g/mol. The van der Waals surface area contributed by atoms with Crippen LogP contribution < -0.4 is 9.47 Å². The smallest absolute Gasteiger partial charge is 0.416 e. The second-order valence-corrected chi connectivity index (χ2v) is 15.2. The minimum atomic E-state index is -4.50. The highest BCUT2D eigenvalue weighted by atomic mass is 19.4. The molecule has 3 N–H and O–H groups in total. The Morgan fingerprint density at radius 1 is 1.04 bits per heavy atom. The van der Waals surface area contributed by atoms with Crippen molar-refractivity contribution in [2.45, 2.75) is 108 Å². The van der Waals surface area contributed by atoms with Gasteiger partial charge in [0, 0.05) is 30.6 Å². The van der Waals surface area contributed by atoms with Crippen molar-refractivity contribution in [3.8, 4) is 11.5 Å². The quantitative estimate of drug-likeness (QED) is 0.0905. The molecule has 9 atom stereocenters. The summed E-state index contributed by atoms with van der Waals surface area (Å²) in [6.45, 7) is 1.91. The fraction of sp³-hybridized carbons (Fsp3) is 0.561. The molecule has 0 amide bonds. The first-order valence-corrected chi connectivity index (χ1v) is 18.4. The van der Waals surface area contributed by atoms with Gasteiger partial charge in [0.2, 0.25) is 0 Å². The number of hydrogen-bond donors (Lipinski definition) is 3. The molecule has 0 unspecified atom stereocenters. The topological polar surface area (TPSA) is 113 Å². The minimum Gasteiger partial charge on any atom is -0.491 e. The van der Waals surface area contributed by atoms with E-state index < -0.39 is 36.0 Å². The van der Waals surface area contributed by atoms with Crippen LogP contribution in [0.3, 0.4) is 0 Å². The standard InChI is InChI=1S/C41H49F3O7/c1-40-20-19-31-30-16-13-29(21-25(30)11-14-32(31)35(40)17-18-38(40)48)51-39(49)10-5-3-2-4-9-33-34(37(47)23-36(33)46)15-12-27(45)24-50-28-8-6-7-26(22-28)41(42,43)44/h2,4,6-8,12-13,15-16,21-22,27,31-37,45-47H,3,5,9-11,14,17-20,23-24H2,1H3/b4-2-,15-12+/t27-,31-,32-,33-,34-,35+,36+,37-,40+/m1/s1. The molecule has 7 nitrogen and oxygen atoms in total. The Morgan fingerprint density at radius 2 is 1.86 bits per heavy atom. The largest absolute Gasteiger partial charge is 0.491 e. The monoisotopic (exact) mass is 710 g/mol. The second-order valence-electron chi connectivity index (χ2n) is 15.2. The van der Waals surface area contributed by atoms with Crippen LogP contribution in [0.4, 0.5) is 13.2 Å². The van der Waals surface area contributed by atoms with Gasteiger partial charge in [-0.05, 0) is 116 Å². The van der Waals surface area contributed by atoms with Crippen LogP contribution in [0.1, 0.15) is 93.7 Å². The second kappa shape index (κ2) is 15.6. The molecule has 0 bridgehead atoms. The number of hydrogen-bond acceptors (Lipinski definition) is 7. The van der Waals surface area contributed by atoms with Gasteiger partial charge in [0.05, 0.1) is 17.8 Å². The highest BCUT2D eigenvalue weighted by Crippen LogP contribution is 2.59. The molecule has 0 radical (unpaired) electrons. The van der Waals surface area contributed by atoms with E-state index in [4.69, 9.17) is 9.47 Å². The third kappa shape index (κ3) is 8.44. The Kier molecular flexibility index (Phi) is 11.4. The lowest BCUT2D eigenvalue weighted by atomic mass is 9.55. The maximum atomic E-state index is 12.9. The summed E-state index contributed by atoms with van der Waals surface area (Å²) < 4.78 is 49.9. The molecule has 10 heteroatoms. The van der Waals surface area contributed by atoms with Crippen LogP contribution in [-0.4, -0.2) is 52.0 Å². The lowest BCUT2D eigenvalue weighted by Crippen LogP contribution is -2.42. The first-order chi connectivity index (χ1) is 24.3. The summed E-state index contributed by atoms with van der Waals surface area (Å²) in [5.41, 5.74) is 1.62. The van der Waals surface area contributed by atoms with Gasteiger partial charge in [-0.3, -0.25) is 9.59 Å². The zero-order valence-electron chi connectivity index (χ0n) is 29.1. The number of allylic oxidation sites excluding steroid dienone is 2. The number of unbranched alkanes of at least 4 members (excludes halogenated alkanes) is 1. The lowest BCUT2D eigenvalue weighted by molar-refractivity contribution is -0.138. The van der Waals surface area contributed by atoms with E-state index in [0.717, 1.165) is 50.7 Å². The summed E-state index contributed by atoms with van der Waals surface area (Å²) in [4.78, 5) is 25.3. The van der Waals surface area contributed by atoms with E-state index in [0.29, 0.717) is 48.5 Å². The van der Waals surface area contributed by atoms with Crippen molar-refractivity contribution in [3.63, 3.8) is 0 Å². The molecule has 4 aliphatic rings. The summed E-state index contributed by atoms with van der Waals surface area (Å²) in [6.07, 6.45) is 7.71. The van der Waals surface area contributed by atoms with Crippen LogP contribution in [0.15, 0.2) is 66.8 Å². The first kappa shape index (κ1) is 37.3. The summed E-state index contributed by atoms with van der Waals surface area (Å²) in [5, 5.41) is 31.4. The lowest BCUT2D eigenvalue weighted by Gasteiger charge is -2.48. The Bertz CT molecular complexity index is 1620. The number of aryl methyl sites for hydroxylation is 1. The van der Waals surface area contributed by atoms with Gasteiger partial charge in [0.25, 0.3) is 0 Å². The van der Waals surface area contributed by atoms with E-state index in [1.165, 1.54) is 29.3 Å². The van der Waals surface area contributed by atoms with E-state index in [1.807, 2.05) is 24.3 Å². The number of esters is 1. The molecule has 0 heterocycles. The van der Waals surface area contributed by atoms with Crippen LogP contribution in [-0.2, 0) is 22.2 Å². The van der Waals surface area contributed by atoms with E-state index >= 15 is 0 Å². The summed E-state index contributed by atoms with van der Waals surface area (Å²) in [6, 6.07) is 10.5. The third-order valence-electron chi connectivity index (χ3n) is 12.0. The molecular weight excluding hydrogens is 661 g/mol. The number of carbonyl (C=O) groups excluding carboxylic acids is 2. The third-order valence-corrected chi connectivity index (χ3v) is 12.0. The van der Waals surface area contributed by atoms with Crippen LogP contribution in [0, 0.1) is 29.1 Å². The zero-order chi connectivity index (χ0) is 36.3. The highest BCUT2D eigenvalue weighted by Gasteiger charge is 2.54. The summed E-state index contributed by atoms with van der Waals surface area (Å²) in [7, 11) is 0. The van der Waals surface area contributed by atoms with Gasteiger partial charge in [0.15, 0.2) is 0 Å². The van der Waals surface area contributed by atoms with Gasteiger partial charge >= 0.3 is 12.1 Å². The van der Waals surface area contributed by atoms with Gasteiger partial charge in [-0.1, -0.05) is 43.4 Å². The van der Waals surface area contributed by atoms with Gasteiger partial charge in [-0.25, -0.2) is 0 Å².